The summed E-state index contributed by atoms with van der Waals surface area (Å²) in [6.45, 7) is 0. The number of hydrogen-bond donors (Lipinski definition) is 1. The molecule has 1 aromatic heterocycles. The van der Waals surface area contributed by atoms with Gasteiger partial charge >= 0.3 is 51.9 Å². The quantitative estimate of drug-likeness (QED) is 0.491. The third kappa shape index (κ3) is 0.831. The Balaban J connectivity index is 3.09. The van der Waals surface area contributed by atoms with E-state index in [4.69, 9.17) is 5.11 Å². The van der Waals surface area contributed by atoms with E-state index in [2.05, 4.69) is 0 Å². The monoisotopic (exact) mass is 176 g/mol. The van der Waals surface area contributed by atoms with Crippen LogP contribution in [0.4, 0.5) is 0 Å². The Hall–Kier alpha value is -0.531. The van der Waals surface area contributed by atoms with Crippen LogP contribution in [0, 0.1) is 0 Å². The van der Waals surface area contributed by atoms with Crippen LogP contribution in [0.2, 0.25) is 0 Å². The molecule has 1 heterocycles. The van der Waals surface area contributed by atoms with Gasteiger partial charge in [-0.1, -0.05) is 0 Å². The van der Waals surface area contributed by atoms with E-state index in [1.54, 1.807) is 6.07 Å². The number of aromatic hydroxyl groups is 1. The summed E-state index contributed by atoms with van der Waals surface area (Å²) in [7, 11) is 0. The first-order valence-electron chi connectivity index (χ1n) is 2.06. The van der Waals surface area contributed by atoms with Crippen LogP contribution in [0.25, 0.3) is 0 Å². The summed E-state index contributed by atoms with van der Waals surface area (Å²) < 4.78 is 0.539. The molecule has 42 valence electrons. The second-order valence-electron chi connectivity index (χ2n) is 1.29. The van der Waals surface area contributed by atoms with Crippen molar-refractivity contribution in [2.75, 3.05) is 0 Å². The molecule has 0 saturated heterocycles. The van der Waals surface area contributed by atoms with Gasteiger partial charge in [-0.3, -0.25) is 0 Å². The second-order valence-corrected chi connectivity index (χ2v) is 3.28. The molecule has 3 heteroatoms. The zero-order valence-electron chi connectivity index (χ0n) is 4.00. The Morgan fingerprint density at radius 2 is 2.50 bits per heavy atom. The van der Waals surface area contributed by atoms with E-state index in [0.717, 1.165) is 0 Å². The van der Waals surface area contributed by atoms with Gasteiger partial charge in [0.15, 0.2) is 0 Å². The van der Waals surface area contributed by atoms with Gasteiger partial charge in [-0.05, 0) is 0 Å². The van der Waals surface area contributed by atoms with Crippen molar-refractivity contribution in [1.82, 2.24) is 0 Å². The molecule has 0 aromatic carbocycles. The van der Waals surface area contributed by atoms with Crippen LogP contribution in [0.15, 0.2) is 11.0 Å². The summed E-state index contributed by atoms with van der Waals surface area (Å²) in [6, 6.07) is 1.56. The molecule has 0 amide bonds. The number of aldehydes is 1. The number of rotatable bonds is 1. The topological polar surface area (TPSA) is 37.3 Å². The maximum atomic E-state index is 9.98. The van der Waals surface area contributed by atoms with Crippen molar-refractivity contribution in [3.8, 4) is 5.75 Å². The van der Waals surface area contributed by atoms with E-state index in [0.29, 0.717) is 10.7 Å². The molecule has 0 aliphatic rings. The van der Waals surface area contributed by atoms with Crippen LogP contribution in [-0.4, -0.2) is 25.9 Å². The van der Waals surface area contributed by atoms with E-state index in [9.17, 15) is 4.79 Å². The second kappa shape index (κ2) is 2.16. The van der Waals surface area contributed by atoms with Gasteiger partial charge in [0, 0.05) is 0 Å². The van der Waals surface area contributed by atoms with E-state index in [-0.39, 0.29) is 20.3 Å². The zero-order valence-corrected chi connectivity index (χ0v) is 5.71. The summed E-state index contributed by atoms with van der Waals surface area (Å²) >= 11 is 0.0891. The number of carbonyl (C=O) groups excluding carboxylic acids is 1. The predicted molar refractivity (Wildman–Crippen MR) is 30.4 cm³/mol. The summed E-state index contributed by atoms with van der Waals surface area (Å²) in [4.78, 5) is 11.8. The molecule has 0 saturated carbocycles. The Morgan fingerprint density at radius 1 is 1.75 bits per heavy atom. The molecule has 0 spiro atoms. The molecule has 0 fully saturated rings. The molecule has 0 unspecified atom stereocenters. The Bertz CT molecular complexity index is 192. The van der Waals surface area contributed by atoms with Crippen molar-refractivity contribution in [3.05, 3.63) is 15.4 Å². The van der Waals surface area contributed by atoms with Crippen molar-refractivity contribution < 1.29 is 9.90 Å². The Labute approximate surface area is 52.5 Å². The van der Waals surface area contributed by atoms with Crippen LogP contribution in [0.1, 0.15) is 9.23 Å². The van der Waals surface area contributed by atoms with Crippen molar-refractivity contribution in [1.29, 1.82) is 0 Å². The fraction of sp³-hybridized carbons (Fsp3) is 0. The van der Waals surface area contributed by atoms with Gasteiger partial charge in [0.1, 0.15) is 0 Å². The molecule has 1 aromatic rings. The number of hydrogen-bond acceptors (Lipinski definition) is 2. The average molecular weight is 175 g/mol. The summed E-state index contributed by atoms with van der Waals surface area (Å²) in [5.41, 5.74) is 0. The number of carbonyl (C=O) groups is 1. The normalized spacial score (nSPS) is 9.00. The SMILES string of the molecule is O=Cc1[se]ccc1O. The third-order valence-corrected chi connectivity index (χ3v) is 2.52. The first-order chi connectivity index (χ1) is 3.84. The minimum absolute atomic E-state index is 0.0891. The molecule has 1 N–H and O–H groups in total. The van der Waals surface area contributed by atoms with E-state index < -0.39 is 0 Å². The van der Waals surface area contributed by atoms with Gasteiger partial charge in [0.2, 0.25) is 0 Å². The zero-order chi connectivity index (χ0) is 5.98. The van der Waals surface area contributed by atoms with E-state index in [1.807, 2.05) is 4.94 Å². The third-order valence-electron chi connectivity index (χ3n) is 0.780. The summed E-state index contributed by atoms with van der Waals surface area (Å²) in [5, 5.41) is 8.77. The average Bonchev–Trinajstić information content (AvgIpc) is 2.14. The van der Waals surface area contributed by atoms with Crippen molar-refractivity contribution in [3.63, 3.8) is 0 Å². The molecule has 2 nitrogen and oxygen atoms in total. The molecular weight excluding hydrogens is 171 g/mol. The van der Waals surface area contributed by atoms with Crippen LogP contribution in [-0.2, 0) is 0 Å². The van der Waals surface area contributed by atoms with Crippen molar-refractivity contribution in [2.24, 2.45) is 0 Å². The molecule has 0 aliphatic carbocycles. The van der Waals surface area contributed by atoms with Crippen LogP contribution >= 0.6 is 0 Å². The van der Waals surface area contributed by atoms with Gasteiger partial charge in [-0.2, -0.15) is 0 Å². The van der Waals surface area contributed by atoms with Crippen molar-refractivity contribution >= 4 is 20.8 Å². The molecule has 8 heavy (non-hydrogen) atoms. The first kappa shape index (κ1) is 5.60. The Kier molecular flexibility index (Phi) is 1.51. The Morgan fingerprint density at radius 3 is 2.75 bits per heavy atom. The van der Waals surface area contributed by atoms with E-state index in [1.165, 1.54) is 0 Å². The fourth-order valence-electron chi connectivity index (χ4n) is 0.402. The molecule has 0 radical (unpaired) electrons. The predicted octanol–water partition coefficient (Wildman–Crippen LogP) is 0.262. The first-order valence-corrected chi connectivity index (χ1v) is 3.91. The fourth-order valence-corrected chi connectivity index (χ4v) is 1.64. The summed E-state index contributed by atoms with van der Waals surface area (Å²) in [6.07, 6.45) is 0.704. The molecule has 1 rings (SSSR count). The maximum absolute atomic E-state index is 9.98. The van der Waals surface area contributed by atoms with Crippen LogP contribution in [0.3, 0.4) is 0 Å². The van der Waals surface area contributed by atoms with Gasteiger partial charge < -0.3 is 0 Å². The molecule has 0 aliphatic heterocycles. The van der Waals surface area contributed by atoms with Crippen LogP contribution in [0.5, 0.6) is 5.75 Å². The summed E-state index contributed by atoms with van der Waals surface area (Å²) in [5.74, 6) is 0.139. The minimum atomic E-state index is 0.0891. The van der Waals surface area contributed by atoms with E-state index >= 15 is 0 Å². The van der Waals surface area contributed by atoms with Gasteiger partial charge in [-0.25, -0.2) is 0 Å². The van der Waals surface area contributed by atoms with Gasteiger partial charge in [0.25, 0.3) is 0 Å². The molecular formula is C5H4O2Se. The van der Waals surface area contributed by atoms with Crippen LogP contribution < -0.4 is 0 Å². The van der Waals surface area contributed by atoms with Gasteiger partial charge in [-0.15, -0.1) is 0 Å². The van der Waals surface area contributed by atoms with Gasteiger partial charge in [0.05, 0.1) is 0 Å². The standard InChI is InChI=1S/C5H4O2Se/c6-3-5-4(7)1-2-8-5/h1-3,7H. The molecule has 0 atom stereocenters. The molecule has 0 bridgehead atoms. The van der Waals surface area contributed by atoms with Crippen molar-refractivity contribution in [2.45, 2.75) is 0 Å².